The molecular formula is C12H15BrN2O2. The van der Waals surface area contributed by atoms with Gasteiger partial charge in [-0.1, -0.05) is 15.9 Å². The number of halogens is 1. The molecule has 17 heavy (non-hydrogen) atoms. The lowest BCUT2D eigenvalue weighted by molar-refractivity contribution is -0.138. The van der Waals surface area contributed by atoms with Crippen LogP contribution in [0.15, 0.2) is 22.7 Å². The van der Waals surface area contributed by atoms with Gasteiger partial charge in [-0.2, -0.15) is 0 Å². The molecule has 1 aliphatic rings. The van der Waals surface area contributed by atoms with Crippen molar-refractivity contribution in [1.82, 2.24) is 5.32 Å². The Hall–Kier alpha value is -1.07. The summed E-state index contributed by atoms with van der Waals surface area (Å²) in [7, 11) is 0. The second-order valence-electron chi connectivity index (χ2n) is 4.18. The summed E-state index contributed by atoms with van der Waals surface area (Å²) in [6.45, 7) is 4.03. The van der Waals surface area contributed by atoms with E-state index >= 15 is 0 Å². The van der Waals surface area contributed by atoms with Gasteiger partial charge >= 0.3 is 5.97 Å². The van der Waals surface area contributed by atoms with Gasteiger partial charge < -0.3 is 15.3 Å². The number of rotatable bonds is 2. The minimum atomic E-state index is -0.778. The maximum absolute atomic E-state index is 11.2. The summed E-state index contributed by atoms with van der Waals surface area (Å²) in [5.74, 6) is -0.778. The molecule has 2 N–H and O–H groups in total. The number of benzene rings is 1. The quantitative estimate of drug-likeness (QED) is 0.871. The van der Waals surface area contributed by atoms with Crippen molar-refractivity contribution in [2.24, 2.45) is 0 Å². The average Bonchev–Trinajstić information content (AvgIpc) is 2.29. The highest BCUT2D eigenvalue weighted by Crippen LogP contribution is 2.26. The fraction of sp³-hybridized carbons (Fsp3) is 0.417. The summed E-state index contributed by atoms with van der Waals surface area (Å²) in [4.78, 5) is 13.2. The molecule has 0 saturated carbocycles. The molecule has 1 unspecified atom stereocenters. The Morgan fingerprint density at radius 3 is 3.00 bits per heavy atom. The highest BCUT2D eigenvalue weighted by Gasteiger charge is 2.29. The largest absolute Gasteiger partial charge is 0.480 e. The zero-order chi connectivity index (χ0) is 12.4. The van der Waals surface area contributed by atoms with Crippen molar-refractivity contribution in [3.05, 3.63) is 28.2 Å². The van der Waals surface area contributed by atoms with Crippen LogP contribution in [0.2, 0.25) is 0 Å². The molecule has 2 rings (SSSR count). The van der Waals surface area contributed by atoms with E-state index < -0.39 is 12.0 Å². The molecule has 1 saturated heterocycles. The lowest BCUT2D eigenvalue weighted by Crippen LogP contribution is -2.55. The molecule has 0 amide bonds. The van der Waals surface area contributed by atoms with Gasteiger partial charge in [0.05, 0.1) is 0 Å². The maximum atomic E-state index is 11.2. The van der Waals surface area contributed by atoms with Crippen LogP contribution in [0.5, 0.6) is 0 Å². The van der Waals surface area contributed by atoms with Crippen LogP contribution in [-0.4, -0.2) is 36.8 Å². The molecule has 1 aromatic carbocycles. The van der Waals surface area contributed by atoms with Gasteiger partial charge in [-0.3, -0.25) is 0 Å². The minimum absolute atomic E-state index is 0.483. The topological polar surface area (TPSA) is 52.6 Å². The van der Waals surface area contributed by atoms with Gasteiger partial charge in [0.25, 0.3) is 0 Å². The Bertz CT molecular complexity index is 437. The van der Waals surface area contributed by atoms with E-state index in [4.69, 9.17) is 0 Å². The van der Waals surface area contributed by atoms with Crippen LogP contribution >= 0.6 is 15.9 Å². The van der Waals surface area contributed by atoms with Crippen molar-refractivity contribution >= 4 is 27.6 Å². The molecule has 1 fully saturated rings. The summed E-state index contributed by atoms with van der Waals surface area (Å²) < 4.78 is 1.01. The van der Waals surface area contributed by atoms with Crippen molar-refractivity contribution in [2.75, 3.05) is 24.5 Å². The van der Waals surface area contributed by atoms with Gasteiger partial charge in [0.15, 0.2) is 0 Å². The Morgan fingerprint density at radius 2 is 2.35 bits per heavy atom. The van der Waals surface area contributed by atoms with Crippen molar-refractivity contribution in [1.29, 1.82) is 0 Å². The molecule has 0 aliphatic carbocycles. The van der Waals surface area contributed by atoms with E-state index in [0.29, 0.717) is 6.54 Å². The predicted molar refractivity (Wildman–Crippen MR) is 70.5 cm³/mol. The number of hydrogen-bond donors (Lipinski definition) is 2. The molecule has 1 aliphatic heterocycles. The number of carbonyl (C=O) groups is 1. The molecule has 4 nitrogen and oxygen atoms in total. The number of aliphatic carboxylic acids is 1. The van der Waals surface area contributed by atoms with Crippen LogP contribution in [-0.2, 0) is 4.79 Å². The van der Waals surface area contributed by atoms with Crippen LogP contribution in [0.4, 0.5) is 5.69 Å². The van der Waals surface area contributed by atoms with E-state index in [1.807, 2.05) is 30.0 Å². The van der Waals surface area contributed by atoms with Crippen molar-refractivity contribution in [2.45, 2.75) is 13.0 Å². The van der Waals surface area contributed by atoms with E-state index in [1.165, 1.54) is 0 Å². The number of nitrogens with zero attached hydrogens (tertiary/aromatic N) is 1. The molecule has 5 heteroatoms. The maximum Gasteiger partial charge on any atom is 0.327 e. The first-order valence-electron chi connectivity index (χ1n) is 5.56. The lowest BCUT2D eigenvalue weighted by atomic mass is 10.1. The monoisotopic (exact) mass is 298 g/mol. The van der Waals surface area contributed by atoms with Crippen LogP contribution in [0.25, 0.3) is 0 Å². The summed E-state index contributed by atoms with van der Waals surface area (Å²) in [6.07, 6.45) is 0. The number of anilines is 1. The van der Waals surface area contributed by atoms with Crippen LogP contribution in [0, 0.1) is 6.92 Å². The standard InChI is InChI=1S/C12H15BrN2O2/c1-8-6-9(13)2-3-10(8)15-5-4-14-7-11(15)12(16)17/h2-3,6,11,14H,4-5,7H2,1H3,(H,16,17). The van der Waals surface area contributed by atoms with Crippen LogP contribution < -0.4 is 10.2 Å². The third-order valence-electron chi connectivity index (χ3n) is 3.00. The van der Waals surface area contributed by atoms with E-state index in [9.17, 15) is 9.90 Å². The highest BCUT2D eigenvalue weighted by molar-refractivity contribution is 9.10. The van der Waals surface area contributed by atoms with Crippen LogP contribution in [0.1, 0.15) is 5.56 Å². The SMILES string of the molecule is Cc1cc(Br)ccc1N1CCNCC1C(=O)O. The van der Waals surface area contributed by atoms with E-state index in [1.54, 1.807) is 0 Å². The molecule has 1 aromatic rings. The van der Waals surface area contributed by atoms with Gasteiger partial charge in [0.2, 0.25) is 0 Å². The second kappa shape index (κ2) is 5.06. The van der Waals surface area contributed by atoms with E-state index in [2.05, 4.69) is 21.2 Å². The molecule has 0 spiro atoms. The fourth-order valence-electron chi connectivity index (χ4n) is 2.15. The zero-order valence-electron chi connectivity index (χ0n) is 9.61. The van der Waals surface area contributed by atoms with Gasteiger partial charge in [-0.25, -0.2) is 4.79 Å². The van der Waals surface area contributed by atoms with Crippen LogP contribution in [0.3, 0.4) is 0 Å². The summed E-state index contributed by atoms with van der Waals surface area (Å²) >= 11 is 3.42. The first-order chi connectivity index (χ1) is 8.09. The average molecular weight is 299 g/mol. The zero-order valence-corrected chi connectivity index (χ0v) is 11.2. The number of aryl methyl sites for hydroxylation is 1. The van der Waals surface area contributed by atoms with Gasteiger partial charge in [-0.15, -0.1) is 0 Å². The summed E-state index contributed by atoms with van der Waals surface area (Å²) in [5, 5.41) is 12.3. The van der Waals surface area contributed by atoms with E-state index in [0.717, 1.165) is 28.8 Å². The number of piperazine rings is 1. The minimum Gasteiger partial charge on any atom is -0.480 e. The molecular weight excluding hydrogens is 284 g/mol. The first-order valence-corrected chi connectivity index (χ1v) is 6.35. The first kappa shape index (κ1) is 12.4. The Morgan fingerprint density at radius 1 is 1.59 bits per heavy atom. The summed E-state index contributed by atoms with van der Waals surface area (Å²) in [5.41, 5.74) is 2.09. The van der Waals surface area contributed by atoms with Crippen molar-refractivity contribution < 1.29 is 9.90 Å². The lowest BCUT2D eigenvalue weighted by Gasteiger charge is -2.36. The Labute approximate surface area is 109 Å². The number of hydrogen-bond acceptors (Lipinski definition) is 3. The molecule has 1 heterocycles. The van der Waals surface area contributed by atoms with E-state index in [-0.39, 0.29) is 0 Å². The van der Waals surface area contributed by atoms with Crippen molar-refractivity contribution in [3.8, 4) is 0 Å². The van der Waals surface area contributed by atoms with Gasteiger partial charge in [0.1, 0.15) is 6.04 Å². The van der Waals surface area contributed by atoms with Gasteiger partial charge in [-0.05, 0) is 30.7 Å². The normalized spacial score (nSPS) is 20.4. The smallest absolute Gasteiger partial charge is 0.327 e. The fourth-order valence-corrected chi connectivity index (χ4v) is 2.63. The molecule has 0 bridgehead atoms. The number of carboxylic acid groups (broad SMARTS) is 1. The molecule has 0 aromatic heterocycles. The van der Waals surface area contributed by atoms with Crippen molar-refractivity contribution in [3.63, 3.8) is 0 Å². The Kier molecular flexibility index (Phi) is 3.69. The Balaban J connectivity index is 2.32. The molecule has 0 radical (unpaired) electrons. The third-order valence-corrected chi connectivity index (χ3v) is 3.49. The second-order valence-corrected chi connectivity index (χ2v) is 5.10. The highest BCUT2D eigenvalue weighted by atomic mass is 79.9. The molecule has 92 valence electrons. The summed E-state index contributed by atoms with van der Waals surface area (Å²) in [6, 6.07) is 5.45. The molecule has 1 atom stereocenters. The van der Waals surface area contributed by atoms with Gasteiger partial charge in [0, 0.05) is 29.8 Å². The third kappa shape index (κ3) is 2.61. The number of carboxylic acids is 1. The number of nitrogens with one attached hydrogen (secondary N) is 1. The predicted octanol–water partition coefficient (Wildman–Crippen LogP) is 1.62.